The summed E-state index contributed by atoms with van der Waals surface area (Å²) in [6.45, 7) is 3.36. The van der Waals surface area contributed by atoms with Crippen LogP contribution in [0.15, 0.2) is 15.7 Å². The number of ether oxygens (including phenoxy) is 1. The van der Waals surface area contributed by atoms with Gasteiger partial charge in [-0.05, 0) is 24.8 Å². The van der Waals surface area contributed by atoms with Gasteiger partial charge < -0.3 is 9.64 Å². The normalized spacial score (nSPS) is 14.1. The van der Waals surface area contributed by atoms with E-state index in [1.807, 2.05) is 13.8 Å². The Morgan fingerprint density at radius 1 is 1.37 bits per heavy atom. The molecule has 1 fully saturated rings. The molecule has 1 amide bonds. The van der Waals surface area contributed by atoms with Crippen LogP contribution < -0.4 is 11.2 Å². The van der Waals surface area contributed by atoms with E-state index in [2.05, 4.69) is 9.97 Å². The largest absolute Gasteiger partial charge is 0.383 e. The van der Waals surface area contributed by atoms with Gasteiger partial charge in [0.1, 0.15) is 0 Å². The van der Waals surface area contributed by atoms with Crippen molar-refractivity contribution in [2.75, 3.05) is 26.8 Å². The number of pyridine rings is 1. The number of methoxy groups -OCH3 is 1. The summed E-state index contributed by atoms with van der Waals surface area (Å²) in [6.07, 6.45) is -0.971. The SMILES string of the molecule is COCCN(CC(F)F)C(=O)c1cc(C2CC2)nc2c1c(=O)[nH]c(=O)n2CC(C)C. The minimum absolute atomic E-state index is 0.0163. The molecule has 2 heterocycles. The number of aromatic amines is 1. The van der Waals surface area contributed by atoms with E-state index in [4.69, 9.17) is 4.74 Å². The lowest BCUT2D eigenvalue weighted by Gasteiger charge is -2.23. The fourth-order valence-corrected chi connectivity index (χ4v) is 3.40. The van der Waals surface area contributed by atoms with Crippen molar-refractivity contribution in [1.82, 2.24) is 19.4 Å². The Kier molecular flexibility index (Phi) is 6.64. The first-order valence-corrected chi connectivity index (χ1v) is 9.97. The van der Waals surface area contributed by atoms with E-state index in [-0.39, 0.29) is 41.6 Å². The molecule has 164 valence electrons. The molecule has 0 aromatic carbocycles. The molecule has 8 nitrogen and oxygen atoms in total. The van der Waals surface area contributed by atoms with Crippen molar-refractivity contribution in [3.63, 3.8) is 0 Å². The summed E-state index contributed by atoms with van der Waals surface area (Å²) in [7, 11) is 1.41. The standard InChI is InChI=1S/C20H26F2N4O4/c1-11(2)9-26-17-16(18(27)24-20(26)29)13(8-14(23-17)12-4-5-12)19(28)25(6-7-30-3)10-15(21)22/h8,11-12,15H,4-7,9-10H2,1-3H3,(H,24,27,29). The molecule has 1 aliphatic rings. The maximum Gasteiger partial charge on any atom is 0.330 e. The second kappa shape index (κ2) is 9.03. The Bertz CT molecular complexity index is 1040. The van der Waals surface area contributed by atoms with Crippen molar-refractivity contribution >= 4 is 16.9 Å². The Morgan fingerprint density at radius 3 is 2.63 bits per heavy atom. The van der Waals surface area contributed by atoms with Crippen LogP contribution in [0.25, 0.3) is 11.0 Å². The number of aromatic nitrogens is 3. The van der Waals surface area contributed by atoms with E-state index in [0.717, 1.165) is 17.7 Å². The van der Waals surface area contributed by atoms with Crippen molar-refractivity contribution in [2.24, 2.45) is 5.92 Å². The zero-order valence-electron chi connectivity index (χ0n) is 17.3. The van der Waals surface area contributed by atoms with Crippen LogP contribution in [0, 0.1) is 5.92 Å². The topological polar surface area (TPSA) is 97.3 Å². The molecule has 30 heavy (non-hydrogen) atoms. The van der Waals surface area contributed by atoms with Gasteiger partial charge in [-0.25, -0.2) is 18.6 Å². The van der Waals surface area contributed by atoms with Gasteiger partial charge in [-0.2, -0.15) is 0 Å². The van der Waals surface area contributed by atoms with Crippen molar-refractivity contribution in [2.45, 2.75) is 45.6 Å². The minimum atomic E-state index is -2.74. The van der Waals surface area contributed by atoms with Gasteiger partial charge in [0.15, 0.2) is 5.65 Å². The van der Waals surface area contributed by atoms with Gasteiger partial charge in [0.05, 0.1) is 24.1 Å². The minimum Gasteiger partial charge on any atom is -0.383 e. The first kappa shape index (κ1) is 22.1. The number of nitrogens with zero attached hydrogens (tertiary/aromatic N) is 3. The molecule has 0 unspecified atom stereocenters. The van der Waals surface area contributed by atoms with Gasteiger partial charge in [0, 0.05) is 31.8 Å². The van der Waals surface area contributed by atoms with Crippen LogP contribution in [0.4, 0.5) is 8.78 Å². The van der Waals surface area contributed by atoms with Crippen LogP contribution in [0.3, 0.4) is 0 Å². The van der Waals surface area contributed by atoms with Crippen molar-refractivity contribution < 1.29 is 18.3 Å². The lowest BCUT2D eigenvalue weighted by molar-refractivity contribution is 0.0479. The summed E-state index contributed by atoms with van der Waals surface area (Å²) < 4.78 is 32.5. The summed E-state index contributed by atoms with van der Waals surface area (Å²) >= 11 is 0. The number of alkyl halides is 2. The molecule has 0 atom stereocenters. The number of hydrogen-bond donors (Lipinski definition) is 1. The van der Waals surface area contributed by atoms with E-state index in [0.29, 0.717) is 12.2 Å². The number of H-pyrrole nitrogens is 1. The number of hydrogen-bond acceptors (Lipinski definition) is 5. The molecule has 0 aliphatic heterocycles. The van der Waals surface area contributed by atoms with Crippen molar-refractivity contribution in [3.05, 3.63) is 38.2 Å². The lowest BCUT2D eigenvalue weighted by Crippen LogP contribution is -2.39. The number of rotatable bonds is 9. The molecule has 0 radical (unpaired) electrons. The van der Waals surface area contributed by atoms with Gasteiger partial charge in [0.25, 0.3) is 17.9 Å². The third kappa shape index (κ3) is 4.75. The second-order valence-electron chi connectivity index (χ2n) is 7.97. The average Bonchev–Trinajstić information content (AvgIpc) is 3.51. The Labute approximate surface area is 171 Å². The van der Waals surface area contributed by atoms with Crippen LogP contribution in [-0.4, -0.2) is 58.6 Å². The summed E-state index contributed by atoms with van der Waals surface area (Å²) in [6, 6.07) is 1.51. The molecule has 2 aromatic rings. The highest BCUT2D eigenvalue weighted by atomic mass is 19.3. The Hall–Kier alpha value is -2.62. The van der Waals surface area contributed by atoms with Crippen molar-refractivity contribution in [1.29, 1.82) is 0 Å². The number of halogens is 2. The van der Waals surface area contributed by atoms with Crippen LogP contribution in [0.5, 0.6) is 0 Å². The maximum atomic E-state index is 13.2. The molecular formula is C20H26F2N4O4. The predicted molar refractivity (Wildman–Crippen MR) is 107 cm³/mol. The summed E-state index contributed by atoms with van der Waals surface area (Å²) in [5, 5.41) is -0.0543. The highest BCUT2D eigenvalue weighted by Gasteiger charge is 2.30. The highest BCUT2D eigenvalue weighted by Crippen LogP contribution is 2.40. The highest BCUT2D eigenvalue weighted by molar-refractivity contribution is 6.05. The first-order chi connectivity index (χ1) is 14.2. The van der Waals surface area contributed by atoms with E-state index in [1.54, 1.807) is 0 Å². The number of carbonyl (C=O) groups excluding carboxylic acids is 1. The summed E-state index contributed by atoms with van der Waals surface area (Å²) in [5.41, 5.74) is -0.663. The number of carbonyl (C=O) groups is 1. The molecule has 1 saturated carbocycles. The maximum absolute atomic E-state index is 13.2. The van der Waals surface area contributed by atoms with Gasteiger partial charge in [-0.3, -0.25) is 19.1 Å². The zero-order valence-corrected chi connectivity index (χ0v) is 17.3. The van der Waals surface area contributed by atoms with Gasteiger partial charge in [0.2, 0.25) is 0 Å². The number of amides is 1. The number of fused-ring (bicyclic) bond motifs is 1. The monoisotopic (exact) mass is 424 g/mol. The summed E-state index contributed by atoms with van der Waals surface area (Å²) in [4.78, 5) is 46.1. The Balaban J connectivity index is 2.23. The second-order valence-corrected chi connectivity index (χ2v) is 7.97. The molecule has 0 saturated heterocycles. The van der Waals surface area contributed by atoms with Crippen LogP contribution in [-0.2, 0) is 11.3 Å². The zero-order chi connectivity index (χ0) is 22.0. The number of nitrogens with one attached hydrogen (secondary N) is 1. The molecular weight excluding hydrogens is 398 g/mol. The fourth-order valence-electron chi connectivity index (χ4n) is 3.40. The van der Waals surface area contributed by atoms with Gasteiger partial charge >= 0.3 is 5.69 Å². The predicted octanol–water partition coefficient (Wildman–Crippen LogP) is 1.97. The van der Waals surface area contributed by atoms with E-state index >= 15 is 0 Å². The van der Waals surface area contributed by atoms with Crippen LogP contribution in [0.1, 0.15) is 48.7 Å². The third-order valence-electron chi connectivity index (χ3n) is 4.95. The van der Waals surface area contributed by atoms with E-state index in [1.165, 1.54) is 17.7 Å². The van der Waals surface area contributed by atoms with E-state index < -0.39 is 30.1 Å². The molecule has 1 aliphatic carbocycles. The molecule has 0 spiro atoms. The average molecular weight is 424 g/mol. The third-order valence-corrected chi connectivity index (χ3v) is 4.95. The molecule has 3 rings (SSSR count). The van der Waals surface area contributed by atoms with Crippen LogP contribution in [0.2, 0.25) is 0 Å². The fraction of sp³-hybridized carbons (Fsp3) is 0.600. The molecule has 10 heteroatoms. The molecule has 0 bridgehead atoms. The van der Waals surface area contributed by atoms with Crippen LogP contribution >= 0.6 is 0 Å². The summed E-state index contributed by atoms with van der Waals surface area (Å²) in [5.74, 6) is -0.494. The Morgan fingerprint density at radius 2 is 2.07 bits per heavy atom. The lowest BCUT2D eigenvalue weighted by atomic mass is 10.1. The van der Waals surface area contributed by atoms with Gasteiger partial charge in [-0.1, -0.05) is 13.8 Å². The van der Waals surface area contributed by atoms with E-state index in [9.17, 15) is 23.2 Å². The molecule has 2 aromatic heterocycles. The van der Waals surface area contributed by atoms with Crippen molar-refractivity contribution in [3.8, 4) is 0 Å². The first-order valence-electron chi connectivity index (χ1n) is 9.97. The smallest absolute Gasteiger partial charge is 0.330 e. The molecule has 1 N–H and O–H groups in total. The quantitative estimate of drug-likeness (QED) is 0.664. The van der Waals surface area contributed by atoms with Gasteiger partial charge in [-0.15, -0.1) is 0 Å².